The van der Waals surface area contributed by atoms with Crippen LogP contribution in [0.4, 0.5) is 0 Å². The summed E-state index contributed by atoms with van der Waals surface area (Å²) in [5, 5.41) is 18.7. The fourth-order valence-electron chi connectivity index (χ4n) is 1.04. The van der Waals surface area contributed by atoms with Crippen molar-refractivity contribution in [3.8, 4) is 0 Å². The molecule has 0 aliphatic heterocycles. The van der Waals surface area contributed by atoms with Crippen molar-refractivity contribution in [1.82, 2.24) is 4.90 Å². The molecule has 0 aromatic heterocycles. The van der Waals surface area contributed by atoms with Crippen LogP contribution in [0.5, 0.6) is 0 Å². The van der Waals surface area contributed by atoms with Gasteiger partial charge in [-0.25, -0.2) is 0 Å². The highest BCUT2D eigenvalue weighted by Gasteiger charge is 2.28. The minimum absolute atomic E-state index is 0. The molecule has 0 heterocycles. The summed E-state index contributed by atoms with van der Waals surface area (Å²) < 4.78 is 0. The van der Waals surface area contributed by atoms with Crippen LogP contribution in [0, 0.1) is 5.92 Å². The van der Waals surface area contributed by atoms with E-state index in [0.29, 0.717) is 13.0 Å². The van der Waals surface area contributed by atoms with Gasteiger partial charge in [0.15, 0.2) is 5.79 Å². The van der Waals surface area contributed by atoms with Crippen LogP contribution in [0.15, 0.2) is 0 Å². The van der Waals surface area contributed by atoms with Gasteiger partial charge < -0.3 is 15.1 Å². The molecule has 0 saturated heterocycles. The molecule has 0 radical (unpaired) electrons. The van der Waals surface area contributed by atoms with E-state index in [1.807, 2.05) is 25.9 Å². The highest BCUT2D eigenvalue weighted by Crippen LogP contribution is 2.17. The molecule has 0 aliphatic rings. The zero-order valence-electron chi connectivity index (χ0n) is 8.24. The van der Waals surface area contributed by atoms with E-state index in [9.17, 15) is 10.2 Å². The minimum atomic E-state index is -1.51. The molecule has 4 heteroatoms. The number of hydrogen-bond acceptors (Lipinski definition) is 3. The summed E-state index contributed by atoms with van der Waals surface area (Å²) in [6.45, 7) is 4.30. The van der Waals surface area contributed by atoms with E-state index in [-0.39, 0.29) is 18.3 Å². The summed E-state index contributed by atoms with van der Waals surface area (Å²) >= 11 is 0. The van der Waals surface area contributed by atoms with E-state index in [0.717, 1.165) is 0 Å². The molecule has 0 fully saturated rings. The number of hydrogen-bond donors (Lipinski definition) is 2. The molecular weight excluding hydrogens is 178 g/mol. The van der Waals surface area contributed by atoms with E-state index in [4.69, 9.17) is 0 Å². The molecule has 0 aromatic rings. The Morgan fingerprint density at radius 3 is 2.00 bits per heavy atom. The first-order chi connectivity index (χ1) is 4.90. The highest BCUT2D eigenvalue weighted by atomic mass is 35.5. The summed E-state index contributed by atoms with van der Waals surface area (Å²) in [4.78, 5) is 1.95. The van der Waals surface area contributed by atoms with Gasteiger partial charge in [-0.1, -0.05) is 13.8 Å². The average molecular weight is 198 g/mol. The Hall–Kier alpha value is 0.170. The lowest BCUT2D eigenvalue weighted by atomic mass is 9.98. The highest BCUT2D eigenvalue weighted by molar-refractivity contribution is 5.85. The van der Waals surface area contributed by atoms with Crippen molar-refractivity contribution in [2.45, 2.75) is 26.1 Å². The smallest absolute Gasteiger partial charge is 0.166 e. The van der Waals surface area contributed by atoms with Crippen LogP contribution >= 0.6 is 12.4 Å². The first-order valence-electron chi connectivity index (χ1n) is 3.99. The van der Waals surface area contributed by atoms with Gasteiger partial charge in [0.05, 0.1) is 0 Å². The quantitative estimate of drug-likeness (QED) is 0.653. The lowest BCUT2D eigenvalue weighted by molar-refractivity contribution is -0.199. The van der Waals surface area contributed by atoms with Gasteiger partial charge >= 0.3 is 0 Å². The lowest BCUT2D eigenvalue weighted by Crippen LogP contribution is -2.40. The molecule has 0 rings (SSSR count). The third-order valence-corrected chi connectivity index (χ3v) is 1.95. The molecular formula is C8H20ClNO2. The molecule has 0 aromatic carbocycles. The van der Waals surface area contributed by atoms with Crippen LogP contribution in [0.25, 0.3) is 0 Å². The van der Waals surface area contributed by atoms with Gasteiger partial charge in [-0.2, -0.15) is 0 Å². The predicted molar refractivity (Wildman–Crippen MR) is 52.4 cm³/mol. The van der Waals surface area contributed by atoms with Gasteiger partial charge in [-0.05, 0) is 20.5 Å². The van der Waals surface area contributed by atoms with Crippen LogP contribution in [-0.2, 0) is 0 Å². The zero-order chi connectivity index (χ0) is 9.07. The molecule has 12 heavy (non-hydrogen) atoms. The lowest BCUT2D eigenvalue weighted by Gasteiger charge is -2.29. The fraction of sp³-hybridized carbons (Fsp3) is 1.00. The van der Waals surface area contributed by atoms with Gasteiger partial charge in [-0.3, -0.25) is 0 Å². The Morgan fingerprint density at radius 2 is 1.75 bits per heavy atom. The van der Waals surface area contributed by atoms with E-state index in [2.05, 4.69) is 0 Å². The summed E-state index contributed by atoms with van der Waals surface area (Å²) in [5.41, 5.74) is 0. The van der Waals surface area contributed by atoms with E-state index >= 15 is 0 Å². The predicted octanol–water partition coefficient (Wildman–Crippen LogP) is 0.697. The second-order valence-corrected chi connectivity index (χ2v) is 3.40. The van der Waals surface area contributed by atoms with Crippen LogP contribution in [0.3, 0.4) is 0 Å². The van der Waals surface area contributed by atoms with Crippen molar-refractivity contribution >= 4 is 12.4 Å². The summed E-state index contributed by atoms with van der Waals surface area (Å²) in [6, 6.07) is 0. The molecule has 3 nitrogen and oxygen atoms in total. The van der Waals surface area contributed by atoms with E-state index < -0.39 is 5.79 Å². The zero-order valence-corrected chi connectivity index (χ0v) is 9.06. The normalized spacial score (nSPS) is 14.2. The SMILES string of the molecule is CCC(O)(O)C(C)CN(C)C.Cl. The molecule has 1 unspecified atom stereocenters. The van der Waals surface area contributed by atoms with Gasteiger partial charge in [0.2, 0.25) is 0 Å². The molecule has 0 aliphatic carbocycles. The Morgan fingerprint density at radius 1 is 1.33 bits per heavy atom. The van der Waals surface area contributed by atoms with Crippen molar-refractivity contribution < 1.29 is 10.2 Å². The standard InChI is InChI=1S/C8H19NO2.ClH/c1-5-8(10,11)7(2)6-9(3)4;/h7,10-11H,5-6H2,1-4H3;1H. The largest absolute Gasteiger partial charge is 0.365 e. The number of aliphatic hydroxyl groups is 2. The summed E-state index contributed by atoms with van der Waals surface area (Å²) in [6.07, 6.45) is 0.377. The Bertz CT molecular complexity index is 118. The topological polar surface area (TPSA) is 43.7 Å². The van der Waals surface area contributed by atoms with Gasteiger partial charge in [0, 0.05) is 12.5 Å². The first kappa shape index (κ1) is 14.7. The molecule has 2 N–H and O–H groups in total. The van der Waals surface area contributed by atoms with Gasteiger partial charge in [0.25, 0.3) is 0 Å². The maximum absolute atomic E-state index is 9.37. The van der Waals surface area contributed by atoms with Crippen molar-refractivity contribution in [1.29, 1.82) is 0 Å². The Balaban J connectivity index is 0. The molecule has 1 atom stereocenters. The number of rotatable bonds is 4. The molecule has 0 spiro atoms. The maximum Gasteiger partial charge on any atom is 0.166 e. The minimum Gasteiger partial charge on any atom is -0.365 e. The van der Waals surface area contributed by atoms with Crippen molar-refractivity contribution in [3.05, 3.63) is 0 Å². The molecule has 0 bridgehead atoms. The summed E-state index contributed by atoms with van der Waals surface area (Å²) in [5.74, 6) is -1.62. The van der Waals surface area contributed by atoms with Crippen LogP contribution in [0.1, 0.15) is 20.3 Å². The summed E-state index contributed by atoms with van der Waals surface area (Å²) in [7, 11) is 3.84. The van der Waals surface area contributed by atoms with E-state index in [1.54, 1.807) is 6.92 Å². The molecule has 0 saturated carbocycles. The Kier molecular flexibility index (Phi) is 7.04. The third kappa shape index (κ3) is 4.93. The third-order valence-electron chi connectivity index (χ3n) is 1.95. The Labute approximate surface area is 80.8 Å². The van der Waals surface area contributed by atoms with E-state index in [1.165, 1.54) is 0 Å². The molecule has 76 valence electrons. The van der Waals surface area contributed by atoms with Crippen molar-refractivity contribution in [2.24, 2.45) is 5.92 Å². The monoisotopic (exact) mass is 197 g/mol. The van der Waals surface area contributed by atoms with Crippen LogP contribution < -0.4 is 0 Å². The van der Waals surface area contributed by atoms with Crippen molar-refractivity contribution in [2.75, 3.05) is 20.6 Å². The van der Waals surface area contributed by atoms with Crippen LogP contribution in [-0.4, -0.2) is 41.5 Å². The fourth-order valence-corrected chi connectivity index (χ4v) is 1.04. The van der Waals surface area contributed by atoms with Gasteiger partial charge in [-0.15, -0.1) is 12.4 Å². The first-order valence-corrected chi connectivity index (χ1v) is 3.99. The average Bonchev–Trinajstić information content (AvgIpc) is 1.86. The number of nitrogens with zero attached hydrogens (tertiary/aromatic N) is 1. The van der Waals surface area contributed by atoms with Crippen LogP contribution in [0.2, 0.25) is 0 Å². The van der Waals surface area contributed by atoms with Gasteiger partial charge in [0.1, 0.15) is 0 Å². The maximum atomic E-state index is 9.37. The molecule has 0 amide bonds. The second kappa shape index (κ2) is 5.75. The second-order valence-electron chi connectivity index (χ2n) is 3.40. The van der Waals surface area contributed by atoms with Crippen molar-refractivity contribution in [3.63, 3.8) is 0 Å². The number of halogens is 1.